The number of hydrogen-bond donors (Lipinski definition) is 1. The van der Waals surface area contributed by atoms with Crippen LogP contribution >= 0.6 is 0 Å². The highest BCUT2D eigenvalue weighted by molar-refractivity contribution is 6.44. The number of rotatable bonds is 5. The summed E-state index contributed by atoms with van der Waals surface area (Å²) in [6, 6.07) is 23.7. The first-order chi connectivity index (χ1) is 13.6. The third-order valence-corrected chi connectivity index (χ3v) is 4.04. The first-order valence-electron chi connectivity index (χ1n) is 8.51. The smallest absolute Gasteiger partial charge is 0.312 e. The van der Waals surface area contributed by atoms with Crippen LogP contribution in [0, 0.1) is 10.1 Å². The van der Waals surface area contributed by atoms with Crippen molar-refractivity contribution >= 4 is 28.9 Å². The molecule has 0 bridgehead atoms. The lowest BCUT2D eigenvalue weighted by Crippen LogP contribution is -2.39. The molecule has 0 aromatic heterocycles. The molecule has 0 aliphatic rings. The molecule has 7 nitrogen and oxygen atoms in total. The van der Waals surface area contributed by atoms with Crippen molar-refractivity contribution in [1.82, 2.24) is 0 Å². The van der Waals surface area contributed by atoms with E-state index >= 15 is 0 Å². The zero-order valence-electron chi connectivity index (χ0n) is 14.8. The van der Waals surface area contributed by atoms with Crippen LogP contribution in [-0.4, -0.2) is 16.7 Å². The van der Waals surface area contributed by atoms with Crippen LogP contribution in [0.15, 0.2) is 84.9 Å². The molecule has 0 spiro atoms. The second kappa shape index (κ2) is 8.59. The van der Waals surface area contributed by atoms with Crippen molar-refractivity contribution in [2.75, 3.05) is 10.2 Å². The zero-order chi connectivity index (χ0) is 19.9. The van der Waals surface area contributed by atoms with E-state index < -0.39 is 16.7 Å². The van der Waals surface area contributed by atoms with E-state index in [0.717, 1.165) is 5.56 Å². The normalized spacial score (nSPS) is 10.1. The third kappa shape index (κ3) is 4.39. The highest BCUT2D eigenvalue weighted by Crippen LogP contribution is 2.24. The SMILES string of the molecule is O=C(Nc1ccccc1[N+](=O)[O-])C(=O)N(Cc1ccccc1)c1ccccc1. The van der Waals surface area contributed by atoms with Crippen molar-refractivity contribution in [1.29, 1.82) is 0 Å². The second-order valence-electron chi connectivity index (χ2n) is 5.94. The van der Waals surface area contributed by atoms with Gasteiger partial charge in [0.05, 0.1) is 11.5 Å². The van der Waals surface area contributed by atoms with E-state index in [9.17, 15) is 19.7 Å². The molecule has 0 unspecified atom stereocenters. The lowest BCUT2D eigenvalue weighted by molar-refractivity contribution is -0.383. The Morgan fingerprint density at radius 1 is 0.857 bits per heavy atom. The number of nitro benzene ring substituents is 1. The Labute approximate surface area is 161 Å². The Bertz CT molecular complexity index is 991. The summed E-state index contributed by atoms with van der Waals surface area (Å²) in [6.45, 7) is 0.188. The topological polar surface area (TPSA) is 92.5 Å². The molecular formula is C21H17N3O4. The van der Waals surface area contributed by atoms with Gasteiger partial charge in [0.2, 0.25) is 0 Å². The summed E-state index contributed by atoms with van der Waals surface area (Å²) in [5, 5.41) is 13.5. The molecule has 2 amide bonds. The fourth-order valence-corrected chi connectivity index (χ4v) is 2.69. The average molecular weight is 375 g/mol. The molecule has 140 valence electrons. The van der Waals surface area contributed by atoms with Gasteiger partial charge in [0.25, 0.3) is 5.69 Å². The number of nitrogens with zero attached hydrogens (tertiary/aromatic N) is 2. The number of amides is 2. The van der Waals surface area contributed by atoms with Crippen LogP contribution in [0.2, 0.25) is 0 Å². The van der Waals surface area contributed by atoms with Crippen LogP contribution in [0.25, 0.3) is 0 Å². The predicted octanol–water partition coefficient (Wildman–Crippen LogP) is 3.77. The molecule has 0 saturated carbocycles. The first-order valence-corrected chi connectivity index (χ1v) is 8.51. The molecule has 0 aliphatic carbocycles. The van der Waals surface area contributed by atoms with Crippen molar-refractivity contribution in [3.8, 4) is 0 Å². The Morgan fingerprint density at radius 3 is 2.07 bits per heavy atom. The highest BCUT2D eigenvalue weighted by Gasteiger charge is 2.25. The highest BCUT2D eigenvalue weighted by atomic mass is 16.6. The van der Waals surface area contributed by atoms with Gasteiger partial charge in [-0.2, -0.15) is 0 Å². The van der Waals surface area contributed by atoms with Crippen molar-refractivity contribution in [3.63, 3.8) is 0 Å². The zero-order valence-corrected chi connectivity index (χ0v) is 14.8. The van der Waals surface area contributed by atoms with E-state index in [1.807, 2.05) is 36.4 Å². The van der Waals surface area contributed by atoms with Crippen LogP contribution in [0.3, 0.4) is 0 Å². The van der Waals surface area contributed by atoms with E-state index in [1.54, 1.807) is 30.3 Å². The van der Waals surface area contributed by atoms with Gasteiger partial charge < -0.3 is 5.32 Å². The van der Waals surface area contributed by atoms with Gasteiger partial charge in [0.15, 0.2) is 0 Å². The van der Waals surface area contributed by atoms with Gasteiger partial charge >= 0.3 is 11.8 Å². The second-order valence-corrected chi connectivity index (χ2v) is 5.94. The minimum Gasteiger partial charge on any atom is -0.312 e. The van der Waals surface area contributed by atoms with Crippen molar-refractivity contribution in [3.05, 3.63) is 101 Å². The molecule has 0 radical (unpaired) electrons. The van der Waals surface area contributed by atoms with E-state index in [-0.39, 0.29) is 17.9 Å². The van der Waals surface area contributed by atoms with Gasteiger partial charge in [0.1, 0.15) is 5.69 Å². The number of hydrogen-bond acceptors (Lipinski definition) is 4. The van der Waals surface area contributed by atoms with E-state index in [4.69, 9.17) is 0 Å². The fourth-order valence-electron chi connectivity index (χ4n) is 2.69. The molecule has 0 saturated heterocycles. The number of anilines is 2. The van der Waals surface area contributed by atoms with Gasteiger partial charge in [0, 0.05) is 11.8 Å². The van der Waals surface area contributed by atoms with E-state index in [1.165, 1.54) is 23.1 Å². The predicted molar refractivity (Wildman–Crippen MR) is 106 cm³/mol. The molecule has 0 atom stereocenters. The molecule has 3 rings (SSSR count). The Kier molecular flexibility index (Phi) is 5.76. The summed E-state index contributed by atoms with van der Waals surface area (Å²) in [6.07, 6.45) is 0. The van der Waals surface area contributed by atoms with Gasteiger partial charge in [-0.05, 0) is 23.8 Å². The van der Waals surface area contributed by atoms with Crippen molar-refractivity contribution in [2.45, 2.75) is 6.54 Å². The van der Waals surface area contributed by atoms with Gasteiger partial charge in [-0.15, -0.1) is 0 Å². The number of nitrogens with one attached hydrogen (secondary N) is 1. The van der Waals surface area contributed by atoms with Crippen molar-refractivity contribution < 1.29 is 14.5 Å². The maximum atomic E-state index is 12.9. The summed E-state index contributed by atoms with van der Waals surface area (Å²) in [5.74, 6) is -1.76. The molecule has 3 aromatic carbocycles. The number of carbonyl (C=O) groups is 2. The van der Waals surface area contributed by atoms with Crippen LogP contribution in [0.5, 0.6) is 0 Å². The monoisotopic (exact) mass is 375 g/mol. The maximum Gasteiger partial charge on any atom is 0.316 e. The molecule has 3 aromatic rings. The molecule has 0 heterocycles. The van der Waals surface area contributed by atoms with Crippen LogP contribution in [0.4, 0.5) is 17.1 Å². The molecule has 28 heavy (non-hydrogen) atoms. The van der Waals surface area contributed by atoms with Crippen molar-refractivity contribution in [2.24, 2.45) is 0 Å². The van der Waals surface area contributed by atoms with Gasteiger partial charge in [-0.25, -0.2) is 0 Å². The average Bonchev–Trinajstić information content (AvgIpc) is 2.73. The lowest BCUT2D eigenvalue weighted by atomic mass is 10.2. The molecule has 0 fully saturated rings. The molecule has 7 heteroatoms. The minimum absolute atomic E-state index is 0.0291. The van der Waals surface area contributed by atoms with Crippen LogP contribution in [0.1, 0.15) is 5.56 Å². The summed E-state index contributed by atoms with van der Waals surface area (Å²) in [5.41, 5.74) is 1.09. The molecular weight excluding hydrogens is 358 g/mol. The molecule has 0 aliphatic heterocycles. The third-order valence-electron chi connectivity index (χ3n) is 4.04. The van der Waals surface area contributed by atoms with Gasteiger partial charge in [-0.1, -0.05) is 60.7 Å². The standard InChI is InChI=1S/C21H17N3O4/c25-20(22-18-13-7-8-14-19(18)24(27)28)21(26)23(17-11-5-2-6-12-17)15-16-9-3-1-4-10-16/h1-14H,15H2,(H,22,25). The number of para-hydroxylation sites is 3. The minimum atomic E-state index is -0.950. The fraction of sp³-hybridized carbons (Fsp3) is 0.0476. The summed E-state index contributed by atoms with van der Waals surface area (Å²) in [7, 11) is 0. The molecule has 1 N–H and O–H groups in total. The van der Waals surface area contributed by atoms with E-state index in [0.29, 0.717) is 5.69 Å². The van der Waals surface area contributed by atoms with Crippen LogP contribution in [-0.2, 0) is 16.1 Å². The summed E-state index contributed by atoms with van der Waals surface area (Å²) in [4.78, 5) is 37.3. The first kappa shape index (κ1) is 18.8. The van der Waals surface area contributed by atoms with Gasteiger partial charge in [-0.3, -0.25) is 24.6 Å². The largest absolute Gasteiger partial charge is 0.316 e. The Balaban J connectivity index is 1.87. The maximum absolute atomic E-state index is 12.9. The number of nitro groups is 1. The Morgan fingerprint density at radius 2 is 1.43 bits per heavy atom. The summed E-state index contributed by atoms with van der Waals surface area (Å²) < 4.78 is 0. The lowest BCUT2D eigenvalue weighted by Gasteiger charge is -2.22. The number of benzene rings is 3. The summed E-state index contributed by atoms with van der Waals surface area (Å²) >= 11 is 0. The van der Waals surface area contributed by atoms with E-state index in [2.05, 4.69) is 5.32 Å². The number of carbonyl (C=O) groups excluding carboxylic acids is 2. The quantitative estimate of drug-likeness (QED) is 0.417. The van der Waals surface area contributed by atoms with Crippen LogP contribution < -0.4 is 10.2 Å². The Hall–Kier alpha value is -4.00.